The molecule has 0 saturated carbocycles. The van der Waals surface area contributed by atoms with Crippen molar-refractivity contribution in [3.05, 3.63) is 0 Å². The predicted molar refractivity (Wildman–Crippen MR) is 61.1 cm³/mol. The molecule has 1 nitrogen and oxygen atoms in total. The first-order valence-corrected chi connectivity index (χ1v) is 5.75. The lowest BCUT2D eigenvalue weighted by atomic mass is 9.90. The Labute approximate surface area is 84.3 Å². The van der Waals surface area contributed by atoms with Gasteiger partial charge in [-0.2, -0.15) is 0 Å². The van der Waals surface area contributed by atoms with Crippen LogP contribution >= 0.6 is 0 Å². The van der Waals surface area contributed by atoms with E-state index in [1.165, 1.54) is 32.2 Å². The second kappa shape index (κ2) is 6.42. The van der Waals surface area contributed by atoms with E-state index in [4.69, 9.17) is 0 Å². The minimum Gasteiger partial charge on any atom is -0.312 e. The van der Waals surface area contributed by atoms with E-state index in [1.54, 1.807) is 0 Å². The van der Waals surface area contributed by atoms with E-state index in [2.05, 4.69) is 39.9 Å². The van der Waals surface area contributed by atoms with Crippen LogP contribution in [-0.2, 0) is 0 Å². The van der Waals surface area contributed by atoms with Gasteiger partial charge in [0.1, 0.15) is 0 Å². The number of unbranched alkanes of at least 4 members (excludes halogenated alkanes) is 3. The second-order valence-corrected chi connectivity index (χ2v) is 4.86. The largest absolute Gasteiger partial charge is 0.312 e. The zero-order valence-electron chi connectivity index (χ0n) is 10.1. The Kier molecular flexibility index (Phi) is 6.40. The zero-order valence-corrected chi connectivity index (χ0v) is 10.1. The Balaban J connectivity index is 3.41. The third-order valence-corrected chi connectivity index (χ3v) is 3.05. The summed E-state index contributed by atoms with van der Waals surface area (Å²) in [6, 6.07) is 0. The van der Waals surface area contributed by atoms with Crippen LogP contribution < -0.4 is 5.32 Å². The summed E-state index contributed by atoms with van der Waals surface area (Å²) in [5.41, 5.74) is 0.298. The van der Waals surface area contributed by atoms with Gasteiger partial charge in [0.2, 0.25) is 0 Å². The van der Waals surface area contributed by atoms with Gasteiger partial charge in [-0.3, -0.25) is 0 Å². The molecule has 0 aliphatic rings. The lowest BCUT2D eigenvalue weighted by molar-refractivity contribution is 0.286. The molecule has 80 valence electrons. The second-order valence-electron chi connectivity index (χ2n) is 4.86. The van der Waals surface area contributed by atoms with Gasteiger partial charge in [0.25, 0.3) is 0 Å². The molecule has 0 aromatic heterocycles. The smallest absolute Gasteiger partial charge is 0.0148 e. The summed E-state index contributed by atoms with van der Waals surface area (Å²) in [4.78, 5) is 0. The topological polar surface area (TPSA) is 12.0 Å². The third-order valence-electron chi connectivity index (χ3n) is 3.05. The molecule has 0 atom stereocenters. The van der Waals surface area contributed by atoms with E-state index >= 15 is 0 Å². The average Bonchev–Trinajstić information content (AvgIpc) is 2.03. The number of nitrogens with one attached hydrogen (secondary N) is 1. The van der Waals surface area contributed by atoms with Crippen molar-refractivity contribution in [2.24, 2.45) is 5.92 Å². The minimum absolute atomic E-state index is 0.298. The van der Waals surface area contributed by atoms with Crippen LogP contribution in [0.3, 0.4) is 0 Å². The van der Waals surface area contributed by atoms with Crippen LogP contribution in [0.4, 0.5) is 0 Å². The Morgan fingerprint density at radius 2 is 1.69 bits per heavy atom. The van der Waals surface area contributed by atoms with Crippen molar-refractivity contribution < 1.29 is 0 Å². The van der Waals surface area contributed by atoms with E-state index in [1.807, 2.05) is 0 Å². The van der Waals surface area contributed by atoms with Crippen molar-refractivity contribution >= 4 is 0 Å². The lowest BCUT2D eigenvalue weighted by Gasteiger charge is -2.30. The molecule has 0 aromatic carbocycles. The normalized spacial score (nSPS) is 12.5. The maximum atomic E-state index is 3.62. The molecule has 0 radical (unpaired) electrons. The van der Waals surface area contributed by atoms with E-state index < -0.39 is 0 Å². The van der Waals surface area contributed by atoms with Crippen molar-refractivity contribution in [2.45, 2.75) is 65.8 Å². The van der Waals surface area contributed by atoms with Crippen molar-refractivity contribution in [1.29, 1.82) is 0 Å². The highest BCUT2D eigenvalue weighted by molar-refractivity contribution is 4.80. The highest BCUT2D eigenvalue weighted by Crippen LogP contribution is 2.14. The van der Waals surface area contributed by atoms with E-state index in [9.17, 15) is 0 Å². The molecule has 0 rings (SSSR count). The van der Waals surface area contributed by atoms with Gasteiger partial charge in [-0.15, -0.1) is 0 Å². The molecule has 0 aliphatic carbocycles. The fourth-order valence-corrected chi connectivity index (χ4v) is 1.17. The van der Waals surface area contributed by atoms with E-state index in [-0.39, 0.29) is 0 Å². The molecule has 0 aromatic rings. The molecular formula is C12H27N. The van der Waals surface area contributed by atoms with Crippen LogP contribution in [0.25, 0.3) is 0 Å². The van der Waals surface area contributed by atoms with Gasteiger partial charge in [0.15, 0.2) is 0 Å². The Morgan fingerprint density at radius 3 is 2.15 bits per heavy atom. The van der Waals surface area contributed by atoms with Crippen molar-refractivity contribution in [3.63, 3.8) is 0 Å². The SMILES string of the molecule is CCCCCCNC(C)(C)C(C)C. The first kappa shape index (κ1) is 13.0. The molecule has 0 aliphatic heterocycles. The molecule has 13 heavy (non-hydrogen) atoms. The quantitative estimate of drug-likeness (QED) is 0.598. The average molecular weight is 185 g/mol. The maximum absolute atomic E-state index is 3.62. The van der Waals surface area contributed by atoms with Crippen LogP contribution in [0, 0.1) is 5.92 Å². The lowest BCUT2D eigenvalue weighted by Crippen LogP contribution is -2.44. The first-order chi connectivity index (χ1) is 6.00. The minimum atomic E-state index is 0.298. The van der Waals surface area contributed by atoms with Gasteiger partial charge in [0.05, 0.1) is 0 Å². The Hall–Kier alpha value is -0.0400. The summed E-state index contributed by atoms with van der Waals surface area (Å²) in [6.07, 6.45) is 5.40. The molecule has 0 heterocycles. The molecule has 0 bridgehead atoms. The summed E-state index contributed by atoms with van der Waals surface area (Å²) in [5, 5.41) is 3.62. The van der Waals surface area contributed by atoms with Crippen molar-refractivity contribution in [3.8, 4) is 0 Å². The highest BCUT2D eigenvalue weighted by atomic mass is 15.0. The summed E-state index contributed by atoms with van der Waals surface area (Å²) in [6.45, 7) is 12.6. The zero-order chi connectivity index (χ0) is 10.3. The van der Waals surface area contributed by atoms with Crippen molar-refractivity contribution in [1.82, 2.24) is 5.32 Å². The van der Waals surface area contributed by atoms with Crippen LogP contribution in [0.15, 0.2) is 0 Å². The molecule has 0 fully saturated rings. The fourth-order valence-electron chi connectivity index (χ4n) is 1.17. The van der Waals surface area contributed by atoms with Gasteiger partial charge in [-0.05, 0) is 32.7 Å². The summed E-state index contributed by atoms with van der Waals surface area (Å²) < 4.78 is 0. The molecule has 0 unspecified atom stereocenters. The fraction of sp³-hybridized carbons (Fsp3) is 1.00. The molecule has 1 heteroatoms. The summed E-state index contributed by atoms with van der Waals surface area (Å²) in [5.74, 6) is 0.707. The molecule has 0 saturated heterocycles. The summed E-state index contributed by atoms with van der Waals surface area (Å²) >= 11 is 0. The summed E-state index contributed by atoms with van der Waals surface area (Å²) in [7, 11) is 0. The van der Waals surface area contributed by atoms with Gasteiger partial charge >= 0.3 is 0 Å². The molecule has 0 spiro atoms. The maximum Gasteiger partial charge on any atom is 0.0148 e. The Morgan fingerprint density at radius 1 is 1.08 bits per heavy atom. The van der Waals surface area contributed by atoms with Gasteiger partial charge in [-0.1, -0.05) is 40.0 Å². The van der Waals surface area contributed by atoms with Gasteiger partial charge in [-0.25, -0.2) is 0 Å². The van der Waals surface area contributed by atoms with Crippen LogP contribution in [0.5, 0.6) is 0 Å². The molecule has 1 N–H and O–H groups in total. The Bertz CT molecular complexity index is 116. The molecular weight excluding hydrogens is 158 g/mol. The molecule has 0 amide bonds. The monoisotopic (exact) mass is 185 g/mol. The highest BCUT2D eigenvalue weighted by Gasteiger charge is 2.20. The standard InChI is InChI=1S/C12H27N/c1-6-7-8-9-10-13-12(4,5)11(2)3/h11,13H,6-10H2,1-5H3. The number of rotatable bonds is 7. The number of hydrogen-bond acceptors (Lipinski definition) is 1. The van der Waals surface area contributed by atoms with Gasteiger partial charge in [0, 0.05) is 5.54 Å². The van der Waals surface area contributed by atoms with Crippen molar-refractivity contribution in [2.75, 3.05) is 6.54 Å². The number of hydrogen-bond donors (Lipinski definition) is 1. The van der Waals surface area contributed by atoms with Gasteiger partial charge < -0.3 is 5.32 Å². The van der Waals surface area contributed by atoms with Crippen LogP contribution in [0.2, 0.25) is 0 Å². The van der Waals surface area contributed by atoms with E-state index in [0.717, 1.165) is 0 Å². The predicted octanol–water partition coefficient (Wildman–Crippen LogP) is 3.59. The first-order valence-electron chi connectivity index (χ1n) is 5.75. The van der Waals surface area contributed by atoms with E-state index in [0.29, 0.717) is 11.5 Å². The van der Waals surface area contributed by atoms with Crippen LogP contribution in [-0.4, -0.2) is 12.1 Å². The third kappa shape index (κ3) is 6.09. The van der Waals surface area contributed by atoms with Crippen LogP contribution in [0.1, 0.15) is 60.3 Å².